The van der Waals surface area contributed by atoms with Gasteiger partial charge < -0.3 is 8.83 Å². The van der Waals surface area contributed by atoms with Gasteiger partial charge in [0.1, 0.15) is 22.3 Å². The summed E-state index contributed by atoms with van der Waals surface area (Å²) in [7, 11) is 0. The fraction of sp³-hybridized carbons (Fsp3) is 0.179. The SMILES string of the molecule is CCCCCc1ccc(-c2ccc3oc4ccc5c(-c6ccc(CC)cc6)ccc6oc7ccc2c3c7-c4c65)cc1. The molecule has 2 aliphatic heterocycles. The molecule has 2 heterocycles. The lowest BCUT2D eigenvalue weighted by molar-refractivity contribution is 0.646. The van der Waals surface area contributed by atoms with E-state index < -0.39 is 0 Å². The van der Waals surface area contributed by atoms with Crippen LogP contribution in [-0.2, 0) is 12.8 Å². The van der Waals surface area contributed by atoms with Gasteiger partial charge in [-0.25, -0.2) is 0 Å². The minimum atomic E-state index is 0.888. The van der Waals surface area contributed by atoms with Gasteiger partial charge in [0.05, 0.1) is 0 Å². The molecule has 41 heavy (non-hydrogen) atoms. The first-order chi connectivity index (χ1) is 20.2. The van der Waals surface area contributed by atoms with Crippen LogP contribution in [0, 0.1) is 0 Å². The van der Waals surface area contributed by atoms with Crippen molar-refractivity contribution in [3.63, 3.8) is 0 Å². The highest BCUT2D eigenvalue weighted by Crippen LogP contribution is 2.50. The van der Waals surface area contributed by atoms with Crippen molar-refractivity contribution in [1.29, 1.82) is 0 Å². The molecule has 6 aromatic carbocycles. The Morgan fingerprint density at radius 1 is 0.463 bits per heavy atom. The molecule has 8 rings (SSSR count). The second kappa shape index (κ2) is 9.52. The zero-order chi connectivity index (χ0) is 27.5. The Bertz CT molecular complexity index is 2120. The molecule has 0 aliphatic carbocycles. The van der Waals surface area contributed by atoms with E-state index in [9.17, 15) is 0 Å². The Labute approximate surface area is 239 Å². The second-order valence-corrected chi connectivity index (χ2v) is 11.4. The normalized spacial score (nSPS) is 12.1. The molecule has 0 fully saturated rings. The van der Waals surface area contributed by atoms with E-state index in [1.807, 2.05) is 0 Å². The summed E-state index contributed by atoms with van der Waals surface area (Å²) in [6, 6.07) is 35.4. The maximum absolute atomic E-state index is 6.63. The summed E-state index contributed by atoms with van der Waals surface area (Å²) in [5, 5.41) is 4.65. The largest absolute Gasteiger partial charge is 0.456 e. The van der Waals surface area contributed by atoms with Gasteiger partial charge in [-0.2, -0.15) is 0 Å². The van der Waals surface area contributed by atoms with Crippen LogP contribution in [0.25, 0.3) is 77.3 Å². The van der Waals surface area contributed by atoms with Crippen molar-refractivity contribution in [1.82, 2.24) is 0 Å². The average Bonchev–Trinajstić information content (AvgIpc) is 3.03. The van der Waals surface area contributed by atoms with E-state index in [1.165, 1.54) is 63.4 Å². The lowest BCUT2D eigenvalue weighted by Gasteiger charge is -2.21. The Morgan fingerprint density at radius 2 is 0.951 bits per heavy atom. The monoisotopic (exact) mass is 532 g/mol. The van der Waals surface area contributed by atoms with Crippen molar-refractivity contribution < 1.29 is 8.83 Å². The third-order valence-electron chi connectivity index (χ3n) is 8.91. The first-order valence-corrected chi connectivity index (χ1v) is 15.0. The van der Waals surface area contributed by atoms with Crippen molar-refractivity contribution in [3.05, 3.63) is 108 Å². The summed E-state index contributed by atoms with van der Waals surface area (Å²) in [5.74, 6) is 0. The minimum absolute atomic E-state index is 0.888. The summed E-state index contributed by atoms with van der Waals surface area (Å²) in [6.07, 6.45) is 5.96. The van der Waals surface area contributed by atoms with Crippen LogP contribution in [0.15, 0.2) is 106 Å². The topological polar surface area (TPSA) is 26.3 Å². The van der Waals surface area contributed by atoms with Crippen molar-refractivity contribution in [3.8, 4) is 33.4 Å². The zero-order valence-corrected chi connectivity index (χ0v) is 23.6. The Hall–Kier alpha value is -4.56. The van der Waals surface area contributed by atoms with Crippen LogP contribution in [0.5, 0.6) is 0 Å². The molecule has 2 nitrogen and oxygen atoms in total. The van der Waals surface area contributed by atoms with Crippen LogP contribution >= 0.6 is 0 Å². The van der Waals surface area contributed by atoms with Gasteiger partial charge in [-0.15, -0.1) is 0 Å². The van der Waals surface area contributed by atoms with Gasteiger partial charge in [-0.05, 0) is 99.8 Å². The van der Waals surface area contributed by atoms with Gasteiger partial charge in [-0.1, -0.05) is 87.4 Å². The number of aryl methyl sites for hydroxylation is 2. The third kappa shape index (κ3) is 3.78. The molecule has 0 amide bonds. The number of hydrogen-bond donors (Lipinski definition) is 0. The summed E-state index contributed by atoms with van der Waals surface area (Å²) in [4.78, 5) is 0. The van der Waals surface area contributed by atoms with Gasteiger partial charge in [0.2, 0.25) is 0 Å². The quantitative estimate of drug-likeness (QED) is 0.116. The Balaban J connectivity index is 1.34. The van der Waals surface area contributed by atoms with Crippen LogP contribution in [-0.4, -0.2) is 0 Å². The summed E-state index contributed by atoms with van der Waals surface area (Å²) >= 11 is 0. The molecule has 0 aromatic heterocycles. The van der Waals surface area contributed by atoms with E-state index in [1.54, 1.807) is 0 Å². The van der Waals surface area contributed by atoms with E-state index in [4.69, 9.17) is 8.83 Å². The summed E-state index contributed by atoms with van der Waals surface area (Å²) in [5.41, 5.74) is 13.5. The van der Waals surface area contributed by atoms with Gasteiger partial charge in [0, 0.05) is 21.9 Å². The molecule has 0 radical (unpaired) electrons. The van der Waals surface area contributed by atoms with Gasteiger partial charge >= 0.3 is 0 Å². The molecular weight excluding hydrogens is 500 g/mol. The van der Waals surface area contributed by atoms with Crippen LogP contribution < -0.4 is 0 Å². The van der Waals surface area contributed by atoms with Crippen molar-refractivity contribution in [2.75, 3.05) is 0 Å². The number of hydrogen-bond acceptors (Lipinski definition) is 2. The van der Waals surface area contributed by atoms with Crippen LogP contribution in [0.3, 0.4) is 0 Å². The predicted molar refractivity (Wildman–Crippen MR) is 172 cm³/mol. The zero-order valence-electron chi connectivity index (χ0n) is 23.6. The van der Waals surface area contributed by atoms with Crippen LogP contribution in [0.2, 0.25) is 0 Å². The smallest absolute Gasteiger partial charge is 0.136 e. The Morgan fingerprint density at radius 3 is 1.44 bits per heavy atom. The van der Waals surface area contributed by atoms with E-state index in [-0.39, 0.29) is 0 Å². The molecule has 0 bridgehead atoms. The van der Waals surface area contributed by atoms with Gasteiger partial charge in [-0.3, -0.25) is 0 Å². The minimum Gasteiger partial charge on any atom is -0.456 e. The average molecular weight is 533 g/mol. The van der Waals surface area contributed by atoms with Crippen molar-refractivity contribution in [2.24, 2.45) is 0 Å². The number of benzene rings is 6. The van der Waals surface area contributed by atoms with Crippen molar-refractivity contribution >= 4 is 43.9 Å². The fourth-order valence-electron chi connectivity index (χ4n) is 6.72. The predicted octanol–water partition coefficient (Wildman–Crippen LogP) is 11.7. The van der Waals surface area contributed by atoms with Crippen molar-refractivity contribution in [2.45, 2.75) is 46.0 Å². The third-order valence-corrected chi connectivity index (χ3v) is 8.91. The molecule has 0 unspecified atom stereocenters. The van der Waals surface area contributed by atoms with Crippen LogP contribution in [0.4, 0.5) is 0 Å². The summed E-state index contributed by atoms with van der Waals surface area (Å²) in [6.45, 7) is 4.45. The number of unbranched alkanes of at least 4 members (excludes halogenated alkanes) is 2. The lowest BCUT2D eigenvalue weighted by atomic mass is 9.86. The highest BCUT2D eigenvalue weighted by Gasteiger charge is 2.26. The maximum Gasteiger partial charge on any atom is 0.136 e. The highest BCUT2D eigenvalue weighted by atomic mass is 16.3. The Kier molecular flexibility index (Phi) is 5.63. The molecule has 200 valence electrons. The maximum atomic E-state index is 6.63. The van der Waals surface area contributed by atoms with Gasteiger partial charge in [0.25, 0.3) is 0 Å². The fourth-order valence-corrected chi connectivity index (χ4v) is 6.72. The molecule has 0 N–H and O–H groups in total. The molecule has 2 aliphatic rings. The lowest BCUT2D eigenvalue weighted by Crippen LogP contribution is -1.96. The molecule has 6 aromatic rings. The van der Waals surface area contributed by atoms with Gasteiger partial charge in [0.15, 0.2) is 0 Å². The van der Waals surface area contributed by atoms with E-state index >= 15 is 0 Å². The first-order valence-electron chi connectivity index (χ1n) is 15.0. The molecule has 2 heteroatoms. The second-order valence-electron chi connectivity index (χ2n) is 11.4. The highest BCUT2D eigenvalue weighted by molar-refractivity contribution is 6.26. The molecule has 0 spiro atoms. The standard InChI is InChI=1S/C39H32O2/c1-3-5-6-7-25-10-14-27(15-11-25)29-17-21-33-37-31(29)19-23-35-39(37)38-34(41-33)22-18-30-28(16-20-32(40-35)36(30)38)26-12-8-24(4-2)9-13-26/h8-23H,3-7H2,1-2H3. The van der Waals surface area contributed by atoms with E-state index in [0.717, 1.165) is 57.1 Å². The molecule has 0 atom stereocenters. The summed E-state index contributed by atoms with van der Waals surface area (Å²) < 4.78 is 13.2. The number of rotatable bonds is 7. The van der Waals surface area contributed by atoms with E-state index in [2.05, 4.69) is 111 Å². The molecule has 0 saturated carbocycles. The first kappa shape index (κ1) is 24.3. The molecular formula is C39H32O2. The molecule has 0 saturated heterocycles. The van der Waals surface area contributed by atoms with Crippen LogP contribution in [0.1, 0.15) is 44.2 Å². The van der Waals surface area contributed by atoms with E-state index in [0.29, 0.717) is 0 Å².